The van der Waals surface area contributed by atoms with Crippen molar-refractivity contribution in [3.63, 3.8) is 0 Å². The van der Waals surface area contributed by atoms with Crippen LogP contribution in [0.15, 0.2) is 54.1 Å². The Labute approximate surface area is 161 Å². The molecule has 1 fully saturated rings. The highest BCUT2D eigenvalue weighted by molar-refractivity contribution is 6.35. The van der Waals surface area contributed by atoms with Crippen LogP contribution in [0.3, 0.4) is 0 Å². The van der Waals surface area contributed by atoms with Gasteiger partial charge in [-0.3, -0.25) is 4.79 Å². The Kier molecular flexibility index (Phi) is 4.53. The quantitative estimate of drug-likeness (QED) is 0.709. The van der Waals surface area contributed by atoms with Crippen molar-refractivity contribution >= 4 is 40.7 Å². The first-order valence-corrected chi connectivity index (χ1v) is 9.36. The molecule has 4 rings (SSSR count). The molecular weight excluding hydrogens is 377 g/mol. The maximum absolute atomic E-state index is 12.2. The maximum Gasteiger partial charge on any atom is 0.247 e. The lowest BCUT2D eigenvalue weighted by atomic mass is 9.67. The summed E-state index contributed by atoms with van der Waals surface area (Å²) in [5.41, 5.74) is 3.13. The van der Waals surface area contributed by atoms with Crippen molar-refractivity contribution < 1.29 is 4.79 Å². The summed E-state index contributed by atoms with van der Waals surface area (Å²) in [6.45, 7) is 0.652. The van der Waals surface area contributed by atoms with Crippen molar-refractivity contribution in [2.45, 2.75) is 18.3 Å². The molecule has 2 aromatic carbocycles. The molecule has 0 radical (unpaired) electrons. The smallest absolute Gasteiger partial charge is 0.247 e. The van der Waals surface area contributed by atoms with E-state index in [4.69, 9.17) is 34.8 Å². The van der Waals surface area contributed by atoms with Gasteiger partial charge in [0, 0.05) is 33.1 Å². The monoisotopic (exact) mass is 391 g/mol. The van der Waals surface area contributed by atoms with Crippen LogP contribution >= 0.6 is 34.8 Å². The van der Waals surface area contributed by atoms with E-state index in [0.717, 1.165) is 17.6 Å². The van der Waals surface area contributed by atoms with Gasteiger partial charge < -0.3 is 5.32 Å². The second-order valence-electron chi connectivity index (χ2n) is 6.56. The van der Waals surface area contributed by atoms with Gasteiger partial charge in [-0.1, -0.05) is 59.1 Å². The molecule has 2 aromatic rings. The number of rotatable bonds is 2. The van der Waals surface area contributed by atoms with Gasteiger partial charge in [-0.25, -0.2) is 0 Å². The van der Waals surface area contributed by atoms with E-state index in [0.29, 0.717) is 21.6 Å². The Balaban J connectivity index is 1.82. The number of allylic oxidation sites excluding steroid dienone is 1. The summed E-state index contributed by atoms with van der Waals surface area (Å²) in [5, 5.41) is 4.98. The van der Waals surface area contributed by atoms with E-state index >= 15 is 0 Å². The van der Waals surface area contributed by atoms with Crippen LogP contribution in [0.4, 0.5) is 0 Å². The van der Waals surface area contributed by atoms with Gasteiger partial charge in [-0.15, -0.1) is 0 Å². The summed E-state index contributed by atoms with van der Waals surface area (Å²) in [4.78, 5) is 12.2. The molecule has 0 saturated carbocycles. The van der Waals surface area contributed by atoms with Crippen LogP contribution in [0, 0.1) is 5.92 Å². The van der Waals surface area contributed by atoms with Gasteiger partial charge in [0.25, 0.3) is 0 Å². The van der Waals surface area contributed by atoms with E-state index < -0.39 is 0 Å². The summed E-state index contributed by atoms with van der Waals surface area (Å²) < 4.78 is 0. The van der Waals surface area contributed by atoms with E-state index in [-0.39, 0.29) is 23.7 Å². The summed E-state index contributed by atoms with van der Waals surface area (Å²) >= 11 is 18.6. The van der Waals surface area contributed by atoms with Gasteiger partial charge in [0.1, 0.15) is 0 Å². The zero-order chi connectivity index (χ0) is 17.6. The Bertz CT molecular complexity index is 860. The zero-order valence-electron chi connectivity index (χ0n) is 13.3. The molecule has 25 heavy (non-hydrogen) atoms. The molecule has 0 unspecified atom stereocenters. The number of halogens is 3. The van der Waals surface area contributed by atoms with Crippen LogP contribution in [0.1, 0.15) is 29.4 Å². The number of amides is 1. The molecule has 3 atom stereocenters. The molecule has 2 aliphatic rings. The highest BCUT2D eigenvalue weighted by atomic mass is 35.5. The van der Waals surface area contributed by atoms with E-state index in [9.17, 15) is 4.79 Å². The first-order valence-electron chi connectivity index (χ1n) is 8.23. The van der Waals surface area contributed by atoms with Crippen LogP contribution < -0.4 is 5.32 Å². The van der Waals surface area contributed by atoms with Gasteiger partial charge in [-0.2, -0.15) is 0 Å². The molecule has 128 valence electrons. The van der Waals surface area contributed by atoms with Gasteiger partial charge >= 0.3 is 0 Å². The van der Waals surface area contributed by atoms with Crippen LogP contribution in [0.2, 0.25) is 15.1 Å². The number of carbonyl (C=O) groups is 1. The molecule has 0 spiro atoms. The topological polar surface area (TPSA) is 29.1 Å². The fourth-order valence-electron chi connectivity index (χ4n) is 4.10. The van der Waals surface area contributed by atoms with E-state index in [1.807, 2.05) is 24.3 Å². The number of fused-ring (bicyclic) bond motifs is 1. The van der Waals surface area contributed by atoms with Crippen LogP contribution in [-0.2, 0) is 4.79 Å². The molecule has 1 aliphatic heterocycles. The molecule has 0 bridgehead atoms. The minimum Gasteiger partial charge on any atom is -0.352 e. The minimum atomic E-state index is 0.0459. The second-order valence-corrected chi connectivity index (χ2v) is 7.84. The Morgan fingerprint density at radius 3 is 2.36 bits per heavy atom. The van der Waals surface area contributed by atoms with Gasteiger partial charge in [0.15, 0.2) is 0 Å². The van der Waals surface area contributed by atoms with Crippen molar-refractivity contribution in [3.05, 3.63) is 80.3 Å². The second kappa shape index (κ2) is 6.68. The normalized spacial score (nSPS) is 25.3. The summed E-state index contributed by atoms with van der Waals surface area (Å²) in [5.74, 6) is 0.533. The third kappa shape index (κ3) is 3.08. The predicted molar refractivity (Wildman–Crippen MR) is 103 cm³/mol. The minimum absolute atomic E-state index is 0.0459. The number of hydrogen-bond donors (Lipinski definition) is 1. The molecular formula is C20H16Cl3NO. The SMILES string of the molecule is O=C1NC[C@@H]2C1=CC[C@H](c1ccc(Cl)cc1Cl)[C@@H]2c1ccc(Cl)cc1. The van der Waals surface area contributed by atoms with E-state index in [2.05, 4.69) is 23.5 Å². The molecule has 5 heteroatoms. The van der Waals surface area contributed by atoms with Crippen molar-refractivity contribution in [1.29, 1.82) is 0 Å². The maximum atomic E-state index is 12.2. The van der Waals surface area contributed by atoms with Crippen LogP contribution in [-0.4, -0.2) is 12.5 Å². The summed E-state index contributed by atoms with van der Waals surface area (Å²) in [7, 11) is 0. The lowest BCUT2D eigenvalue weighted by Gasteiger charge is -2.36. The Morgan fingerprint density at radius 1 is 0.920 bits per heavy atom. The van der Waals surface area contributed by atoms with Crippen LogP contribution in [0.5, 0.6) is 0 Å². The lowest BCUT2D eigenvalue weighted by molar-refractivity contribution is -0.116. The van der Waals surface area contributed by atoms with E-state index in [1.54, 1.807) is 6.07 Å². The highest BCUT2D eigenvalue weighted by Crippen LogP contribution is 2.50. The van der Waals surface area contributed by atoms with Crippen molar-refractivity contribution in [3.8, 4) is 0 Å². The van der Waals surface area contributed by atoms with Gasteiger partial charge in [0.05, 0.1) is 0 Å². The Hall–Kier alpha value is -1.48. The molecule has 0 aromatic heterocycles. The number of benzene rings is 2. The highest BCUT2D eigenvalue weighted by Gasteiger charge is 2.42. The van der Waals surface area contributed by atoms with Crippen molar-refractivity contribution in [1.82, 2.24) is 5.32 Å². The first kappa shape index (κ1) is 17.0. The standard InChI is InChI=1S/C20H16Cl3NO/c21-12-3-1-11(2-4-12)19-15(14-6-5-13(22)9-18(14)23)7-8-16-17(19)10-24-20(16)25/h1-6,8-9,15,17,19H,7,10H2,(H,24,25)/t15-,17-,19+/m1/s1. The molecule has 1 N–H and O–H groups in total. The largest absolute Gasteiger partial charge is 0.352 e. The van der Waals surface area contributed by atoms with E-state index in [1.165, 1.54) is 5.56 Å². The molecule has 1 amide bonds. The summed E-state index contributed by atoms with van der Waals surface area (Å²) in [6, 6.07) is 13.6. The fraction of sp³-hybridized carbons (Fsp3) is 0.250. The number of nitrogens with one attached hydrogen (secondary N) is 1. The molecule has 1 aliphatic carbocycles. The average Bonchev–Trinajstić information content (AvgIpc) is 2.97. The van der Waals surface area contributed by atoms with Crippen LogP contribution in [0.25, 0.3) is 0 Å². The first-order chi connectivity index (χ1) is 12.0. The third-order valence-electron chi connectivity index (χ3n) is 5.22. The summed E-state index contributed by atoms with van der Waals surface area (Å²) in [6.07, 6.45) is 2.84. The lowest BCUT2D eigenvalue weighted by Crippen LogP contribution is -2.26. The third-order valence-corrected chi connectivity index (χ3v) is 6.03. The number of hydrogen-bond acceptors (Lipinski definition) is 1. The average molecular weight is 393 g/mol. The predicted octanol–water partition coefficient (Wildman–Crippen LogP) is 5.59. The molecule has 1 heterocycles. The van der Waals surface area contributed by atoms with Gasteiger partial charge in [-0.05, 0) is 53.6 Å². The van der Waals surface area contributed by atoms with Gasteiger partial charge in [0.2, 0.25) is 5.91 Å². The fourth-order valence-corrected chi connectivity index (χ4v) is 4.78. The van der Waals surface area contributed by atoms with Crippen molar-refractivity contribution in [2.24, 2.45) is 5.92 Å². The Morgan fingerprint density at radius 2 is 1.64 bits per heavy atom. The molecule has 2 nitrogen and oxygen atoms in total. The molecule has 1 saturated heterocycles. The number of carbonyl (C=O) groups excluding carboxylic acids is 1. The zero-order valence-corrected chi connectivity index (χ0v) is 15.6. The van der Waals surface area contributed by atoms with Crippen molar-refractivity contribution in [2.75, 3.05) is 6.54 Å².